The number of carbonyl (C=O) groups is 1. The van der Waals surface area contributed by atoms with Gasteiger partial charge >= 0.3 is 0 Å². The van der Waals surface area contributed by atoms with Gasteiger partial charge in [-0.1, -0.05) is 0 Å². The van der Waals surface area contributed by atoms with E-state index in [-0.39, 0.29) is 30.4 Å². The van der Waals surface area contributed by atoms with E-state index in [0.717, 1.165) is 18.9 Å². The lowest BCUT2D eigenvalue weighted by Crippen LogP contribution is -2.45. The first-order chi connectivity index (χ1) is 10.9. The lowest BCUT2D eigenvalue weighted by molar-refractivity contribution is -0.135. The van der Waals surface area contributed by atoms with Crippen LogP contribution in [0.1, 0.15) is 38.2 Å². The number of hydrogen-bond acceptors (Lipinski definition) is 2. The molecule has 0 spiro atoms. The zero-order valence-corrected chi connectivity index (χ0v) is 13.1. The molecule has 23 heavy (non-hydrogen) atoms. The molecule has 1 aromatic carbocycles. The number of rotatable bonds is 4. The minimum atomic E-state index is -1.22. The molecule has 1 aromatic rings. The Morgan fingerprint density at radius 2 is 1.96 bits per heavy atom. The molecule has 0 radical (unpaired) electrons. The SMILES string of the molecule is C[C@@H]1C2CCC(C2)N1C(=O)C[C@H](N)Cc1cc(F)c(F)cc1F. The van der Waals surface area contributed by atoms with E-state index in [4.69, 9.17) is 5.73 Å². The van der Waals surface area contributed by atoms with Crippen molar-refractivity contribution >= 4 is 5.91 Å². The van der Waals surface area contributed by atoms with Crippen molar-refractivity contribution in [3.05, 3.63) is 35.1 Å². The molecule has 126 valence electrons. The Balaban J connectivity index is 1.62. The Morgan fingerprint density at radius 3 is 2.61 bits per heavy atom. The van der Waals surface area contributed by atoms with Crippen molar-refractivity contribution in [1.82, 2.24) is 4.90 Å². The largest absolute Gasteiger partial charge is 0.337 e. The number of halogens is 3. The number of piperidine rings is 1. The normalized spacial score (nSPS) is 27.5. The van der Waals surface area contributed by atoms with Crippen molar-refractivity contribution in [2.75, 3.05) is 0 Å². The van der Waals surface area contributed by atoms with Crippen LogP contribution in [-0.2, 0) is 11.2 Å². The standard InChI is InChI=1S/C17H21F3N2O/c1-9-10-2-3-13(5-10)22(9)17(23)7-12(21)4-11-6-15(19)16(20)8-14(11)18/h6,8-10,12-13H,2-5,7,21H2,1H3/t9-,10?,12-,13?/m1/s1. The predicted molar refractivity (Wildman–Crippen MR) is 80.0 cm³/mol. The van der Waals surface area contributed by atoms with E-state index in [0.29, 0.717) is 18.0 Å². The quantitative estimate of drug-likeness (QED) is 0.865. The number of benzene rings is 1. The Bertz CT molecular complexity index is 620. The average molecular weight is 326 g/mol. The topological polar surface area (TPSA) is 46.3 Å². The highest BCUT2D eigenvalue weighted by Crippen LogP contribution is 2.42. The van der Waals surface area contributed by atoms with Gasteiger partial charge in [0.2, 0.25) is 5.91 Å². The molecule has 1 heterocycles. The number of nitrogens with two attached hydrogens (primary N) is 1. The number of likely N-dealkylation sites (tertiary alicyclic amines) is 1. The number of amides is 1. The third-order valence-corrected chi connectivity index (χ3v) is 5.26. The fourth-order valence-corrected chi connectivity index (χ4v) is 4.08. The van der Waals surface area contributed by atoms with Gasteiger partial charge in [0.15, 0.2) is 11.6 Å². The van der Waals surface area contributed by atoms with Crippen molar-refractivity contribution in [2.24, 2.45) is 11.7 Å². The van der Waals surface area contributed by atoms with Crippen LogP contribution >= 0.6 is 0 Å². The van der Waals surface area contributed by atoms with Crippen molar-refractivity contribution in [2.45, 2.75) is 57.2 Å². The van der Waals surface area contributed by atoms with Crippen molar-refractivity contribution < 1.29 is 18.0 Å². The summed E-state index contributed by atoms with van der Waals surface area (Å²) in [6.07, 6.45) is 3.35. The van der Waals surface area contributed by atoms with Crippen molar-refractivity contribution in [3.63, 3.8) is 0 Å². The van der Waals surface area contributed by atoms with E-state index in [9.17, 15) is 18.0 Å². The number of fused-ring (bicyclic) bond motifs is 2. The highest BCUT2D eigenvalue weighted by Gasteiger charge is 2.45. The summed E-state index contributed by atoms with van der Waals surface area (Å²) in [7, 11) is 0. The van der Waals surface area contributed by atoms with Gasteiger partial charge in [-0.05, 0) is 50.2 Å². The molecule has 1 aliphatic carbocycles. The number of hydrogen-bond donors (Lipinski definition) is 1. The van der Waals surface area contributed by atoms with E-state index in [2.05, 4.69) is 6.92 Å². The number of carbonyl (C=O) groups excluding carboxylic acids is 1. The van der Waals surface area contributed by atoms with Crippen molar-refractivity contribution in [3.8, 4) is 0 Å². The molecule has 6 heteroatoms. The van der Waals surface area contributed by atoms with Crippen LogP contribution in [0.3, 0.4) is 0 Å². The maximum Gasteiger partial charge on any atom is 0.224 e. The van der Waals surface area contributed by atoms with E-state index in [1.807, 2.05) is 4.90 Å². The van der Waals surface area contributed by atoms with Crippen LogP contribution in [0.15, 0.2) is 12.1 Å². The van der Waals surface area contributed by atoms with Gasteiger partial charge in [0.25, 0.3) is 0 Å². The van der Waals surface area contributed by atoms with E-state index in [1.54, 1.807) is 0 Å². The molecule has 3 nitrogen and oxygen atoms in total. The monoisotopic (exact) mass is 326 g/mol. The van der Waals surface area contributed by atoms with Gasteiger partial charge < -0.3 is 10.6 Å². The first kappa shape index (κ1) is 16.3. The van der Waals surface area contributed by atoms with Gasteiger partial charge in [-0.3, -0.25) is 4.79 Å². The molecule has 2 fully saturated rings. The van der Waals surface area contributed by atoms with Gasteiger partial charge in [-0.2, -0.15) is 0 Å². The third-order valence-electron chi connectivity index (χ3n) is 5.26. The summed E-state index contributed by atoms with van der Waals surface area (Å²) in [5, 5.41) is 0. The van der Waals surface area contributed by atoms with Crippen LogP contribution in [-0.4, -0.2) is 28.9 Å². The molecule has 3 rings (SSSR count). The fourth-order valence-electron chi connectivity index (χ4n) is 4.08. The van der Waals surface area contributed by atoms with Gasteiger partial charge in [0.05, 0.1) is 0 Å². The first-order valence-corrected chi connectivity index (χ1v) is 8.07. The second-order valence-corrected chi connectivity index (χ2v) is 6.79. The lowest BCUT2D eigenvalue weighted by atomic mass is 9.98. The lowest BCUT2D eigenvalue weighted by Gasteiger charge is -2.34. The summed E-state index contributed by atoms with van der Waals surface area (Å²) in [4.78, 5) is 14.4. The second-order valence-electron chi connectivity index (χ2n) is 6.79. The molecule has 1 saturated heterocycles. The zero-order valence-electron chi connectivity index (χ0n) is 13.1. The summed E-state index contributed by atoms with van der Waals surface area (Å²) in [6, 6.07) is 1.24. The minimum absolute atomic E-state index is 0.000177. The Labute approximate surface area is 133 Å². The van der Waals surface area contributed by atoms with Crippen LogP contribution < -0.4 is 5.73 Å². The van der Waals surface area contributed by atoms with Gasteiger partial charge in [0, 0.05) is 30.6 Å². The third kappa shape index (κ3) is 3.09. The summed E-state index contributed by atoms with van der Waals surface area (Å²) in [5.74, 6) is -2.62. The van der Waals surface area contributed by atoms with Crippen LogP contribution in [0.5, 0.6) is 0 Å². The molecule has 1 aliphatic heterocycles. The molecule has 2 bridgehead atoms. The zero-order chi connectivity index (χ0) is 16.7. The second kappa shape index (κ2) is 6.15. The van der Waals surface area contributed by atoms with Crippen LogP contribution in [0.2, 0.25) is 0 Å². The van der Waals surface area contributed by atoms with Crippen LogP contribution in [0.4, 0.5) is 13.2 Å². The molecular weight excluding hydrogens is 305 g/mol. The van der Waals surface area contributed by atoms with Gasteiger partial charge in [-0.25, -0.2) is 13.2 Å². The summed E-state index contributed by atoms with van der Waals surface area (Å²) in [6.45, 7) is 2.06. The highest BCUT2D eigenvalue weighted by atomic mass is 19.2. The summed E-state index contributed by atoms with van der Waals surface area (Å²) < 4.78 is 39.8. The molecule has 1 amide bonds. The molecule has 0 aromatic heterocycles. The number of nitrogens with zero attached hydrogens (tertiary/aromatic N) is 1. The molecule has 2 N–H and O–H groups in total. The van der Waals surface area contributed by atoms with Crippen LogP contribution in [0, 0.1) is 23.4 Å². The van der Waals surface area contributed by atoms with Crippen LogP contribution in [0.25, 0.3) is 0 Å². The van der Waals surface area contributed by atoms with Gasteiger partial charge in [-0.15, -0.1) is 0 Å². The van der Waals surface area contributed by atoms with E-state index >= 15 is 0 Å². The predicted octanol–water partition coefficient (Wildman–Crippen LogP) is 2.76. The molecule has 2 aliphatic rings. The molecule has 2 unspecified atom stereocenters. The first-order valence-electron chi connectivity index (χ1n) is 8.07. The fraction of sp³-hybridized carbons (Fsp3) is 0.588. The smallest absolute Gasteiger partial charge is 0.224 e. The molecule has 1 saturated carbocycles. The highest BCUT2D eigenvalue weighted by molar-refractivity contribution is 5.78. The van der Waals surface area contributed by atoms with E-state index < -0.39 is 23.5 Å². The Kier molecular flexibility index (Phi) is 4.36. The van der Waals surface area contributed by atoms with Crippen molar-refractivity contribution in [1.29, 1.82) is 0 Å². The maximum absolute atomic E-state index is 13.7. The van der Waals surface area contributed by atoms with E-state index in [1.165, 1.54) is 6.42 Å². The summed E-state index contributed by atoms with van der Waals surface area (Å²) >= 11 is 0. The maximum atomic E-state index is 13.7. The summed E-state index contributed by atoms with van der Waals surface area (Å²) in [5.41, 5.74) is 5.94. The van der Waals surface area contributed by atoms with Gasteiger partial charge in [0.1, 0.15) is 5.82 Å². The molecule has 4 atom stereocenters. The Morgan fingerprint density at radius 1 is 1.26 bits per heavy atom. The minimum Gasteiger partial charge on any atom is -0.337 e. The molecular formula is C17H21F3N2O. The average Bonchev–Trinajstić information content (AvgIpc) is 3.05. The Hall–Kier alpha value is -1.56.